The molecule has 0 radical (unpaired) electrons. The Morgan fingerprint density at radius 1 is 1.02 bits per heavy atom. The van der Waals surface area contributed by atoms with Crippen LogP contribution >= 0.6 is 0 Å². The first-order chi connectivity index (χ1) is 21.2. The number of alkyl halides is 2. The van der Waals surface area contributed by atoms with Gasteiger partial charge in [-0.3, -0.25) is 9.59 Å². The van der Waals surface area contributed by atoms with Crippen LogP contribution in [0.2, 0.25) is 0 Å². The van der Waals surface area contributed by atoms with E-state index in [4.69, 9.17) is 0 Å². The number of H-pyrrole nitrogens is 2. The number of carbonyl (C=O) groups excluding carboxylic acids is 2. The van der Waals surface area contributed by atoms with Crippen molar-refractivity contribution in [1.82, 2.24) is 25.2 Å². The van der Waals surface area contributed by atoms with E-state index in [0.717, 1.165) is 6.42 Å². The number of hydrogen-bond donors (Lipinski definition) is 3. The molecule has 1 fully saturated rings. The van der Waals surface area contributed by atoms with Crippen LogP contribution in [0.3, 0.4) is 0 Å². The molecule has 3 N–H and O–H groups in total. The number of halogens is 2. The van der Waals surface area contributed by atoms with Gasteiger partial charge in [0.05, 0.1) is 36.9 Å². The molecule has 1 saturated heterocycles. The minimum Gasteiger partial charge on any atom is -0.453 e. The van der Waals surface area contributed by atoms with Gasteiger partial charge in [-0.2, -0.15) is 8.78 Å². The topological polar surface area (TPSA) is 120 Å². The molecule has 2 aromatic heterocycles. The van der Waals surface area contributed by atoms with Crippen molar-refractivity contribution in [2.24, 2.45) is 0 Å². The molecular weight excluding hydrogens is 568 g/mol. The summed E-state index contributed by atoms with van der Waals surface area (Å²) in [5.74, 6) is -3.49. The van der Waals surface area contributed by atoms with Crippen LogP contribution in [0.15, 0.2) is 78.0 Å². The Balaban J connectivity index is 1.22. The lowest BCUT2D eigenvalue weighted by molar-refractivity contribution is -0.131. The van der Waals surface area contributed by atoms with Gasteiger partial charge in [-0.05, 0) is 59.4 Å². The van der Waals surface area contributed by atoms with Gasteiger partial charge in [0, 0.05) is 40.4 Å². The predicted molar refractivity (Wildman–Crippen MR) is 160 cm³/mol. The van der Waals surface area contributed by atoms with Crippen LogP contribution in [0.25, 0.3) is 44.4 Å². The number of benzene rings is 3. The van der Waals surface area contributed by atoms with Gasteiger partial charge in [0.25, 0.3) is 5.92 Å². The maximum atomic E-state index is 15.9. The number of likely N-dealkylation sites (tertiary alicyclic amines) is 1. The minimum atomic E-state index is -3.20. The number of aromatic amines is 2. The SMILES string of the molecule is COC(=O)NCC(=O)N1CCCC1c1cc(=O)c2ccc(-c3ccc4c(c3)C(F)(F)c3cc(-c5cnc[nH]5)ccc3-4)cc2[nH]1. The third kappa shape index (κ3) is 4.52. The molecule has 0 saturated carbocycles. The zero-order chi connectivity index (χ0) is 30.6. The number of rotatable bonds is 5. The second-order valence-corrected chi connectivity index (χ2v) is 11.0. The highest BCUT2D eigenvalue weighted by Gasteiger charge is 2.44. The lowest BCUT2D eigenvalue weighted by atomic mass is 9.97. The van der Waals surface area contributed by atoms with Crippen LogP contribution in [0, 0.1) is 0 Å². The Kier molecular flexibility index (Phi) is 6.53. The van der Waals surface area contributed by atoms with Gasteiger partial charge in [0.1, 0.15) is 6.54 Å². The number of nitrogens with one attached hydrogen (secondary N) is 3. The number of hydrogen-bond acceptors (Lipinski definition) is 5. The molecule has 7 rings (SSSR count). The molecule has 11 heteroatoms. The summed E-state index contributed by atoms with van der Waals surface area (Å²) in [6.07, 6.45) is 3.79. The highest BCUT2D eigenvalue weighted by Crippen LogP contribution is 2.52. The maximum Gasteiger partial charge on any atom is 0.407 e. The fraction of sp³-hybridized carbons (Fsp3) is 0.212. The number of pyridine rings is 1. The lowest BCUT2D eigenvalue weighted by Crippen LogP contribution is -2.40. The molecule has 3 heterocycles. The number of carbonyl (C=O) groups is 2. The monoisotopic (exact) mass is 595 g/mol. The molecule has 1 aliphatic heterocycles. The van der Waals surface area contributed by atoms with Crippen molar-refractivity contribution in [1.29, 1.82) is 0 Å². The Bertz CT molecular complexity index is 2000. The molecule has 44 heavy (non-hydrogen) atoms. The number of methoxy groups -OCH3 is 1. The van der Waals surface area contributed by atoms with E-state index in [1.165, 1.54) is 31.6 Å². The summed E-state index contributed by atoms with van der Waals surface area (Å²) in [5.41, 5.74) is 4.29. The lowest BCUT2D eigenvalue weighted by Gasteiger charge is -2.25. The fourth-order valence-electron chi connectivity index (χ4n) is 6.33. The normalized spacial score (nSPS) is 16.5. The molecule has 0 bridgehead atoms. The van der Waals surface area contributed by atoms with Gasteiger partial charge in [0.2, 0.25) is 5.91 Å². The molecule has 1 unspecified atom stereocenters. The average molecular weight is 596 g/mol. The molecular formula is C33H27F2N5O4. The van der Waals surface area contributed by atoms with E-state index in [0.29, 0.717) is 63.1 Å². The smallest absolute Gasteiger partial charge is 0.407 e. The van der Waals surface area contributed by atoms with Gasteiger partial charge < -0.3 is 24.9 Å². The van der Waals surface area contributed by atoms with Crippen LogP contribution < -0.4 is 10.7 Å². The largest absolute Gasteiger partial charge is 0.453 e. The van der Waals surface area contributed by atoms with Gasteiger partial charge in [-0.15, -0.1) is 0 Å². The van der Waals surface area contributed by atoms with Gasteiger partial charge >= 0.3 is 6.09 Å². The first-order valence-electron chi connectivity index (χ1n) is 14.2. The van der Waals surface area contributed by atoms with E-state index in [1.807, 2.05) is 6.07 Å². The van der Waals surface area contributed by atoms with Crippen molar-refractivity contribution >= 4 is 22.9 Å². The summed E-state index contributed by atoms with van der Waals surface area (Å²) < 4.78 is 36.3. The fourth-order valence-corrected chi connectivity index (χ4v) is 6.33. The van der Waals surface area contributed by atoms with Crippen LogP contribution in [0.4, 0.5) is 13.6 Å². The van der Waals surface area contributed by atoms with Crippen molar-refractivity contribution in [3.8, 4) is 33.5 Å². The third-order valence-corrected chi connectivity index (χ3v) is 8.50. The van der Waals surface area contributed by atoms with Crippen LogP contribution in [-0.2, 0) is 15.5 Å². The average Bonchev–Trinajstić information content (AvgIpc) is 3.79. The Morgan fingerprint density at radius 3 is 2.45 bits per heavy atom. The molecule has 5 aromatic rings. The molecule has 2 aliphatic rings. The molecule has 3 aromatic carbocycles. The van der Waals surface area contributed by atoms with Crippen LogP contribution in [0.5, 0.6) is 0 Å². The predicted octanol–water partition coefficient (Wildman–Crippen LogP) is 5.73. The molecule has 0 spiro atoms. The van der Waals surface area contributed by atoms with Crippen molar-refractivity contribution in [2.75, 3.05) is 20.2 Å². The number of nitrogens with zero attached hydrogens (tertiary/aromatic N) is 2. The Labute approximate surface area is 249 Å². The van der Waals surface area contributed by atoms with Crippen LogP contribution in [0.1, 0.15) is 35.7 Å². The molecule has 1 atom stereocenters. The van der Waals surface area contributed by atoms with Gasteiger partial charge in [-0.1, -0.05) is 30.3 Å². The van der Waals surface area contributed by atoms with Crippen molar-refractivity contribution in [3.63, 3.8) is 0 Å². The number of amides is 2. The quantitative estimate of drug-likeness (QED) is 0.240. The summed E-state index contributed by atoms with van der Waals surface area (Å²) in [6, 6.07) is 16.4. The van der Waals surface area contributed by atoms with E-state index < -0.39 is 12.0 Å². The van der Waals surface area contributed by atoms with E-state index in [-0.39, 0.29) is 35.0 Å². The zero-order valence-corrected chi connectivity index (χ0v) is 23.6. The van der Waals surface area contributed by atoms with Crippen molar-refractivity contribution < 1.29 is 23.1 Å². The second-order valence-electron chi connectivity index (χ2n) is 11.0. The van der Waals surface area contributed by atoms with Crippen molar-refractivity contribution in [3.05, 3.63) is 100 Å². The van der Waals surface area contributed by atoms with E-state index in [2.05, 4.69) is 25.0 Å². The third-order valence-electron chi connectivity index (χ3n) is 8.50. The first-order valence-corrected chi connectivity index (χ1v) is 14.2. The van der Waals surface area contributed by atoms with Crippen molar-refractivity contribution in [2.45, 2.75) is 24.8 Å². The number of alkyl carbamates (subject to hydrolysis) is 1. The number of fused-ring (bicyclic) bond motifs is 4. The number of imidazole rings is 1. The molecule has 9 nitrogen and oxygen atoms in total. The Hall–Kier alpha value is -5.32. The van der Waals surface area contributed by atoms with Gasteiger partial charge in [-0.25, -0.2) is 9.78 Å². The molecule has 1 aliphatic carbocycles. The minimum absolute atomic E-state index is 0.0540. The van der Waals surface area contributed by atoms with Crippen LogP contribution in [-0.4, -0.2) is 52.1 Å². The second kappa shape index (κ2) is 10.4. The van der Waals surface area contributed by atoms with E-state index >= 15 is 8.78 Å². The summed E-state index contributed by atoms with van der Waals surface area (Å²) in [6.45, 7) is 0.268. The standard InChI is InChI=1S/C33H27F2N5O4/c1-44-32(43)37-16-31(42)40-10-2-3-29(40)27-14-30(41)23-9-5-19(13-26(23)39-27)18-4-7-21-22-8-6-20(28-15-36-17-38-28)12-25(22)33(34,35)24(21)11-18/h4-9,11-15,17,29H,2-3,10,16H2,1H3,(H,36,38)(H,37,43)(H,39,41). The van der Waals surface area contributed by atoms with E-state index in [1.54, 1.807) is 47.5 Å². The highest BCUT2D eigenvalue weighted by atomic mass is 19.3. The Morgan fingerprint density at radius 2 is 1.73 bits per heavy atom. The molecule has 222 valence electrons. The van der Waals surface area contributed by atoms with Gasteiger partial charge in [0.15, 0.2) is 5.43 Å². The maximum absolute atomic E-state index is 15.9. The zero-order valence-electron chi connectivity index (χ0n) is 23.6. The summed E-state index contributed by atoms with van der Waals surface area (Å²) >= 11 is 0. The first kappa shape index (κ1) is 27.5. The molecule has 2 amide bonds. The summed E-state index contributed by atoms with van der Waals surface area (Å²) in [7, 11) is 1.22. The van der Waals surface area contributed by atoms with E-state index in [9.17, 15) is 14.4 Å². The number of aromatic nitrogens is 3. The highest BCUT2D eigenvalue weighted by molar-refractivity contribution is 5.88. The summed E-state index contributed by atoms with van der Waals surface area (Å²) in [5, 5.41) is 2.85. The number of ether oxygens (including phenoxy) is 1. The summed E-state index contributed by atoms with van der Waals surface area (Å²) in [4.78, 5) is 49.3.